The van der Waals surface area contributed by atoms with E-state index in [0.717, 1.165) is 21.3 Å². The average molecular weight is 545 g/mol. The molecule has 1 aliphatic carbocycles. The number of methoxy groups -OCH3 is 1. The van der Waals surface area contributed by atoms with E-state index in [1.54, 1.807) is 0 Å². The van der Waals surface area contributed by atoms with Crippen molar-refractivity contribution in [1.82, 2.24) is 5.32 Å². The number of ketones is 1. The molecule has 2 aromatic rings. The fourth-order valence-corrected chi connectivity index (χ4v) is 5.25. The van der Waals surface area contributed by atoms with E-state index in [-0.39, 0.29) is 11.2 Å². The Morgan fingerprint density at radius 2 is 1.88 bits per heavy atom. The van der Waals surface area contributed by atoms with E-state index >= 15 is 0 Å². The molecule has 0 fully saturated rings. The van der Waals surface area contributed by atoms with Crippen LogP contribution in [0.5, 0.6) is 5.75 Å². The number of carbonyl (C=O) groups excluding carboxylic acids is 2. The first kappa shape index (κ1) is 24.6. The predicted molar refractivity (Wildman–Crippen MR) is 136 cm³/mol. The number of hydrogen-bond acceptors (Lipinski definition) is 5. The Morgan fingerprint density at radius 1 is 1.18 bits per heavy atom. The van der Waals surface area contributed by atoms with Crippen LogP contribution in [0.15, 0.2) is 69.5 Å². The number of ether oxygens (including phenoxy) is 2. The first-order valence-corrected chi connectivity index (χ1v) is 12.3. The normalized spacial score (nSPS) is 19.5. The first-order chi connectivity index (χ1) is 16.1. The van der Waals surface area contributed by atoms with Crippen molar-refractivity contribution in [3.05, 3.63) is 85.6 Å². The van der Waals surface area contributed by atoms with Crippen LogP contribution in [0.1, 0.15) is 50.7 Å². The van der Waals surface area contributed by atoms with Gasteiger partial charge in [-0.3, -0.25) is 4.79 Å². The Morgan fingerprint density at radius 3 is 2.56 bits per heavy atom. The van der Waals surface area contributed by atoms with Gasteiger partial charge in [-0.25, -0.2) is 4.79 Å². The lowest BCUT2D eigenvalue weighted by molar-refractivity contribution is -0.136. The molecule has 7 heteroatoms. The maximum atomic E-state index is 13.5. The minimum Gasteiger partial charge on any atom is -0.489 e. The van der Waals surface area contributed by atoms with Crippen molar-refractivity contribution in [2.24, 2.45) is 5.41 Å². The topological polar surface area (TPSA) is 64.6 Å². The summed E-state index contributed by atoms with van der Waals surface area (Å²) in [6.07, 6.45) is 1.12. The molecule has 0 saturated heterocycles. The summed E-state index contributed by atoms with van der Waals surface area (Å²) in [5.41, 5.74) is 4.11. The summed E-state index contributed by atoms with van der Waals surface area (Å²) in [5, 5.41) is 4.00. The van der Waals surface area contributed by atoms with E-state index in [2.05, 4.69) is 35.1 Å². The monoisotopic (exact) mass is 543 g/mol. The second kappa shape index (κ2) is 9.59. The summed E-state index contributed by atoms with van der Waals surface area (Å²) >= 11 is 9.57. The van der Waals surface area contributed by atoms with E-state index in [0.29, 0.717) is 47.1 Å². The Kier molecular flexibility index (Phi) is 6.92. The summed E-state index contributed by atoms with van der Waals surface area (Å²) in [6.45, 7) is 6.33. The maximum Gasteiger partial charge on any atom is 0.336 e. The molecule has 0 spiro atoms. The van der Waals surface area contributed by atoms with Crippen molar-refractivity contribution < 1.29 is 19.1 Å². The molecule has 1 heterocycles. The third-order valence-electron chi connectivity index (χ3n) is 6.24. The van der Waals surface area contributed by atoms with Crippen molar-refractivity contribution in [3.8, 4) is 5.75 Å². The molecule has 0 radical (unpaired) electrons. The third-order valence-corrected chi connectivity index (χ3v) is 6.98. The second-order valence-electron chi connectivity index (χ2n) is 9.52. The van der Waals surface area contributed by atoms with E-state index in [1.807, 2.05) is 49.4 Å². The van der Waals surface area contributed by atoms with Crippen molar-refractivity contribution in [1.29, 1.82) is 0 Å². The van der Waals surface area contributed by atoms with Crippen LogP contribution in [0.2, 0.25) is 5.02 Å². The first-order valence-electron chi connectivity index (χ1n) is 11.1. The van der Waals surface area contributed by atoms with Gasteiger partial charge in [0.25, 0.3) is 0 Å². The van der Waals surface area contributed by atoms with E-state index in [4.69, 9.17) is 21.1 Å². The fourth-order valence-electron chi connectivity index (χ4n) is 4.75. The maximum absolute atomic E-state index is 13.5. The standard InChI is InChI=1S/C27H27BrClNO4/c1-15-23(26(32)33-4)24(25-20(30-15)12-27(2,3)13-21(25)31)19-11-17(28)7-10-22(19)34-14-16-5-8-18(29)9-6-16/h5-11,24,30H,12-14H2,1-4H3. The van der Waals surface area contributed by atoms with Crippen molar-refractivity contribution in [3.63, 3.8) is 0 Å². The molecule has 0 amide bonds. The quantitative estimate of drug-likeness (QED) is 0.438. The lowest BCUT2D eigenvalue weighted by atomic mass is 9.68. The zero-order valence-electron chi connectivity index (χ0n) is 19.6. The van der Waals surface area contributed by atoms with Gasteiger partial charge in [-0.1, -0.05) is 53.5 Å². The van der Waals surface area contributed by atoms with Crippen LogP contribution < -0.4 is 10.1 Å². The SMILES string of the molecule is COC(=O)C1=C(C)NC2=C(C(=O)CC(C)(C)C2)C1c1cc(Br)ccc1OCc1ccc(Cl)cc1. The number of benzene rings is 2. The van der Waals surface area contributed by atoms with Crippen LogP contribution >= 0.6 is 27.5 Å². The Labute approximate surface area is 213 Å². The number of dihydropyridines is 1. The Bertz CT molecular complexity index is 1210. The van der Waals surface area contributed by atoms with Gasteiger partial charge in [0.1, 0.15) is 12.4 Å². The van der Waals surface area contributed by atoms with Crippen LogP contribution in [0.3, 0.4) is 0 Å². The number of esters is 1. The predicted octanol–water partition coefficient (Wildman–Crippen LogP) is 6.46. The van der Waals surface area contributed by atoms with E-state index in [1.165, 1.54) is 7.11 Å². The molecule has 2 aromatic carbocycles. The molecule has 178 valence electrons. The third kappa shape index (κ3) is 4.93. The average Bonchev–Trinajstić information content (AvgIpc) is 2.77. The minimum atomic E-state index is -0.593. The van der Waals surface area contributed by atoms with Crippen LogP contribution in [0.4, 0.5) is 0 Å². The van der Waals surface area contributed by atoms with E-state index < -0.39 is 11.9 Å². The molecule has 1 aliphatic heterocycles. The number of halogens is 2. The number of carbonyl (C=O) groups is 2. The molecule has 1 N–H and O–H groups in total. The highest BCUT2D eigenvalue weighted by Crippen LogP contribution is 2.49. The molecule has 1 unspecified atom stereocenters. The molecular formula is C27H27BrClNO4. The van der Waals surface area contributed by atoms with Gasteiger partial charge in [0.2, 0.25) is 0 Å². The molecule has 0 aromatic heterocycles. The van der Waals surface area contributed by atoms with E-state index in [9.17, 15) is 9.59 Å². The van der Waals surface area contributed by atoms with Gasteiger partial charge in [-0.2, -0.15) is 0 Å². The zero-order chi connectivity index (χ0) is 24.6. The van der Waals surface area contributed by atoms with Crippen LogP contribution in [-0.2, 0) is 20.9 Å². The Hall–Kier alpha value is -2.57. The minimum absolute atomic E-state index is 0.0290. The van der Waals surface area contributed by atoms with Gasteiger partial charge >= 0.3 is 5.97 Å². The van der Waals surface area contributed by atoms with Gasteiger partial charge in [0.05, 0.1) is 18.6 Å². The van der Waals surface area contributed by atoms with Crippen LogP contribution in [0.25, 0.3) is 0 Å². The molecule has 34 heavy (non-hydrogen) atoms. The van der Waals surface area contributed by atoms with Crippen LogP contribution in [0, 0.1) is 5.41 Å². The van der Waals surface area contributed by atoms with Crippen molar-refractivity contribution >= 4 is 39.3 Å². The highest BCUT2D eigenvalue weighted by molar-refractivity contribution is 9.10. The summed E-state index contributed by atoms with van der Waals surface area (Å²) in [7, 11) is 1.36. The molecule has 0 bridgehead atoms. The highest BCUT2D eigenvalue weighted by Gasteiger charge is 2.44. The summed E-state index contributed by atoms with van der Waals surface area (Å²) in [5.74, 6) is -0.433. The zero-order valence-corrected chi connectivity index (χ0v) is 22.0. The van der Waals surface area contributed by atoms with Gasteiger partial charge < -0.3 is 14.8 Å². The summed E-state index contributed by atoms with van der Waals surface area (Å²) in [4.78, 5) is 26.4. The van der Waals surface area contributed by atoms with Crippen molar-refractivity contribution in [2.75, 3.05) is 7.11 Å². The largest absolute Gasteiger partial charge is 0.489 e. The number of nitrogens with one attached hydrogen (secondary N) is 1. The number of rotatable bonds is 5. The lowest BCUT2D eigenvalue weighted by Gasteiger charge is -2.39. The summed E-state index contributed by atoms with van der Waals surface area (Å²) in [6, 6.07) is 13.1. The molecular weight excluding hydrogens is 518 g/mol. The smallest absolute Gasteiger partial charge is 0.336 e. The van der Waals surface area contributed by atoms with Gasteiger partial charge in [0.15, 0.2) is 5.78 Å². The van der Waals surface area contributed by atoms with Crippen molar-refractivity contribution in [2.45, 2.75) is 46.1 Å². The van der Waals surface area contributed by atoms with Gasteiger partial charge in [-0.15, -0.1) is 0 Å². The highest BCUT2D eigenvalue weighted by atomic mass is 79.9. The molecule has 0 saturated carbocycles. The molecule has 2 aliphatic rings. The fraction of sp³-hybridized carbons (Fsp3) is 0.333. The van der Waals surface area contributed by atoms with Gasteiger partial charge in [-0.05, 0) is 54.7 Å². The lowest BCUT2D eigenvalue weighted by Crippen LogP contribution is -2.38. The second-order valence-corrected chi connectivity index (χ2v) is 10.9. The molecule has 4 rings (SSSR count). The molecule has 1 atom stereocenters. The number of Topliss-reactive ketones (excluding diaryl/α,β-unsaturated/α-hetero) is 1. The Balaban J connectivity index is 1.83. The van der Waals surface area contributed by atoms with Crippen LogP contribution in [-0.4, -0.2) is 18.9 Å². The van der Waals surface area contributed by atoms with Gasteiger partial charge in [0, 0.05) is 38.4 Å². The molecule has 5 nitrogen and oxygen atoms in total. The number of allylic oxidation sites excluding steroid dienone is 3. The number of hydrogen-bond donors (Lipinski definition) is 1. The summed E-state index contributed by atoms with van der Waals surface area (Å²) < 4.78 is 12.2.